The predicted octanol–water partition coefficient (Wildman–Crippen LogP) is 4.12. The summed E-state index contributed by atoms with van der Waals surface area (Å²) in [5, 5.41) is 10.6. The maximum Gasteiger partial charge on any atom is 0.315 e. The molecule has 0 fully saturated rings. The number of nitrogens with zero attached hydrogens (tertiary/aromatic N) is 2. The second kappa shape index (κ2) is 6.41. The van der Waals surface area contributed by atoms with Crippen molar-refractivity contribution in [1.29, 1.82) is 0 Å². The largest absolute Gasteiger partial charge is 0.334 e. The van der Waals surface area contributed by atoms with Gasteiger partial charge in [0, 0.05) is 11.1 Å². The number of urea groups is 1. The molecule has 0 spiro atoms. The summed E-state index contributed by atoms with van der Waals surface area (Å²) < 4.78 is 15.1. The molecule has 0 radical (unpaired) electrons. The number of carbonyl (C=O) groups excluding carboxylic acids is 1. The molecule has 1 aromatic carbocycles. The van der Waals surface area contributed by atoms with Crippen molar-refractivity contribution in [3.63, 3.8) is 0 Å². The van der Waals surface area contributed by atoms with Crippen LogP contribution in [-0.4, -0.2) is 21.4 Å². The Bertz CT molecular complexity index is 802. The van der Waals surface area contributed by atoms with E-state index in [2.05, 4.69) is 29.6 Å². The number of nitrogens with one attached hydrogen (secondary N) is 2. The fourth-order valence-electron chi connectivity index (χ4n) is 3.51. The number of rotatable bonds is 2. The number of fused-ring (bicyclic) bond motifs is 1. The highest BCUT2D eigenvalue weighted by Gasteiger charge is 2.36. The molecule has 1 aliphatic carbocycles. The summed E-state index contributed by atoms with van der Waals surface area (Å²) in [5.41, 5.74) is 2.63. The van der Waals surface area contributed by atoms with Crippen LogP contribution in [0.3, 0.4) is 0 Å². The lowest BCUT2D eigenvalue weighted by molar-refractivity contribution is 0.213. The van der Waals surface area contributed by atoms with E-state index in [1.807, 2.05) is 31.6 Å². The molecule has 2 N–H and O–H groups in total. The van der Waals surface area contributed by atoms with Crippen LogP contribution in [0.1, 0.15) is 58.3 Å². The van der Waals surface area contributed by atoms with Gasteiger partial charge in [-0.3, -0.25) is 0 Å². The van der Waals surface area contributed by atoms with E-state index in [4.69, 9.17) is 0 Å². The Labute approximate surface area is 154 Å². The Balaban J connectivity index is 1.92. The molecule has 1 unspecified atom stereocenters. The average molecular weight is 358 g/mol. The monoisotopic (exact) mass is 358 g/mol. The third-order valence-corrected chi connectivity index (χ3v) is 4.54. The van der Waals surface area contributed by atoms with Crippen molar-refractivity contribution in [2.24, 2.45) is 5.41 Å². The van der Waals surface area contributed by atoms with E-state index in [0.717, 1.165) is 29.8 Å². The highest BCUT2D eigenvalue weighted by atomic mass is 19.1. The quantitative estimate of drug-likeness (QED) is 0.848. The van der Waals surface area contributed by atoms with Crippen molar-refractivity contribution in [1.82, 2.24) is 20.4 Å². The normalized spacial score (nSPS) is 18.9. The molecule has 0 saturated heterocycles. The van der Waals surface area contributed by atoms with E-state index in [1.165, 1.54) is 12.1 Å². The van der Waals surface area contributed by atoms with Crippen LogP contribution in [0.15, 0.2) is 30.5 Å². The van der Waals surface area contributed by atoms with Crippen LogP contribution in [0.25, 0.3) is 5.69 Å². The van der Waals surface area contributed by atoms with Gasteiger partial charge in [0.25, 0.3) is 0 Å². The molecule has 2 aromatic rings. The van der Waals surface area contributed by atoms with E-state index >= 15 is 0 Å². The molecule has 3 rings (SSSR count). The summed E-state index contributed by atoms with van der Waals surface area (Å²) >= 11 is 0. The Morgan fingerprint density at radius 3 is 2.54 bits per heavy atom. The third-order valence-electron chi connectivity index (χ3n) is 4.54. The van der Waals surface area contributed by atoms with E-state index in [9.17, 15) is 9.18 Å². The standard InChI is InChI=1S/C20H27FN4O/c1-19(2,3)24-18(26)23-16-10-20(4,5)11-17-15(16)12-22-25(17)14-8-6-13(21)7-9-14/h6-9,12,16H,10-11H2,1-5H3,(H2,23,24,26). The molecule has 2 amide bonds. The molecule has 1 heterocycles. The van der Waals surface area contributed by atoms with Crippen molar-refractivity contribution < 1.29 is 9.18 Å². The molecule has 0 saturated carbocycles. The van der Waals surface area contributed by atoms with Gasteiger partial charge in [-0.25, -0.2) is 13.9 Å². The van der Waals surface area contributed by atoms with E-state index in [0.29, 0.717) is 0 Å². The molecule has 140 valence electrons. The fraction of sp³-hybridized carbons (Fsp3) is 0.500. The van der Waals surface area contributed by atoms with Crippen LogP contribution in [0.4, 0.5) is 9.18 Å². The molecule has 26 heavy (non-hydrogen) atoms. The molecule has 1 aliphatic rings. The Morgan fingerprint density at radius 2 is 1.92 bits per heavy atom. The van der Waals surface area contributed by atoms with Gasteiger partial charge in [0.15, 0.2) is 0 Å². The van der Waals surface area contributed by atoms with Crippen LogP contribution in [0.5, 0.6) is 0 Å². The minimum absolute atomic E-state index is 0.0183. The van der Waals surface area contributed by atoms with Gasteiger partial charge in [-0.15, -0.1) is 0 Å². The lowest BCUT2D eigenvalue weighted by atomic mass is 9.74. The van der Waals surface area contributed by atoms with Crippen molar-refractivity contribution in [3.8, 4) is 5.69 Å². The maximum absolute atomic E-state index is 13.2. The molecular weight excluding hydrogens is 331 g/mol. The first-order chi connectivity index (χ1) is 12.0. The topological polar surface area (TPSA) is 59.0 Å². The Hall–Kier alpha value is -2.37. The van der Waals surface area contributed by atoms with Gasteiger partial charge in [-0.2, -0.15) is 5.10 Å². The Morgan fingerprint density at radius 1 is 1.27 bits per heavy atom. The summed E-state index contributed by atoms with van der Waals surface area (Å²) in [5.74, 6) is -0.270. The van der Waals surface area contributed by atoms with Crippen molar-refractivity contribution in [2.75, 3.05) is 0 Å². The molecule has 0 bridgehead atoms. The lowest BCUT2D eigenvalue weighted by Gasteiger charge is -2.36. The summed E-state index contributed by atoms with van der Waals surface area (Å²) in [6.07, 6.45) is 3.50. The first kappa shape index (κ1) is 18.4. The fourth-order valence-corrected chi connectivity index (χ4v) is 3.51. The zero-order valence-corrected chi connectivity index (χ0v) is 16.1. The van der Waals surface area contributed by atoms with E-state index in [-0.39, 0.29) is 28.8 Å². The summed E-state index contributed by atoms with van der Waals surface area (Å²) in [6.45, 7) is 10.2. The van der Waals surface area contributed by atoms with E-state index in [1.54, 1.807) is 12.1 Å². The first-order valence-corrected chi connectivity index (χ1v) is 8.95. The van der Waals surface area contributed by atoms with Crippen LogP contribution in [-0.2, 0) is 6.42 Å². The molecule has 0 aliphatic heterocycles. The number of hydrogen-bond donors (Lipinski definition) is 2. The lowest BCUT2D eigenvalue weighted by Crippen LogP contribution is -2.48. The third kappa shape index (κ3) is 4.06. The number of hydrogen-bond acceptors (Lipinski definition) is 2. The van der Waals surface area contributed by atoms with Crippen LogP contribution in [0, 0.1) is 11.2 Å². The number of amides is 2. The number of halogens is 1. The number of benzene rings is 1. The van der Waals surface area contributed by atoms with Crippen LogP contribution >= 0.6 is 0 Å². The summed E-state index contributed by atoms with van der Waals surface area (Å²) in [4.78, 5) is 12.4. The van der Waals surface area contributed by atoms with Gasteiger partial charge in [0.2, 0.25) is 0 Å². The minimum Gasteiger partial charge on any atom is -0.334 e. The first-order valence-electron chi connectivity index (χ1n) is 8.95. The maximum atomic E-state index is 13.2. The van der Waals surface area contributed by atoms with Crippen LogP contribution < -0.4 is 10.6 Å². The SMILES string of the molecule is CC1(C)Cc2c(cnn2-c2ccc(F)cc2)C(NC(=O)NC(C)(C)C)C1. The molecule has 1 aromatic heterocycles. The highest BCUT2D eigenvalue weighted by molar-refractivity contribution is 5.75. The van der Waals surface area contributed by atoms with Gasteiger partial charge in [0.05, 0.1) is 23.6 Å². The smallest absolute Gasteiger partial charge is 0.315 e. The zero-order chi connectivity index (χ0) is 19.1. The van der Waals surface area contributed by atoms with Crippen molar-refractivity contribution in [3.05, 3.63) is 47.5 Å². The predicted molar refractivity (Wildman–Crippen MR) is 99.8 cm³/mol. The minimum atomic E-state index is -0.296. The molecule has 5 nitrogen and oxygen atoms in total. The molecule has 6 heteroatoms. The van der Waals surface area contributed by atoms with Gasteiger partial charge in [0.1, 0.15) is 5.82 Å². The molecular formula is C20H27FN4O. The van der Waals surface area contributed by atoms with Gasteiger partial charge < -0.3 is 10.6 Å². The average Bonchev–Trinajstić information content (AvgIpc) is 2.88. The number of carbonyl (C=O) groups is 1. The zero-order valence-electron chi connectivity index (χ0n) is 16.1. The van der Waals surface area contributed by atoms with Crippen molar-refractivity contribution in [2.45, 2.75) is 59.0 Å². The summed E-state index contributed by atoms with van der Waals surface area (Å²) in [7, 11) is 0. The summed E-state index contributed by atoms with van der Waals surface area (Å²) in [6, 6.07) is 6.03. The van der Waals surface area contributed by atoms with Crippen molar-refractivity contribution >= 4 is 6.03 Å². The number of aromatic nitrogens is 2. The van der Waals surface area contributed by atoms with Crippen LogP contribution in [0.2, 0.25) is 0 Å². The highest BCUT2D eigenvalue weighted by Crippen LogP contribution is 2.41. The van der Waals surface area contributed by atoms with Gasteiger partial charge in [-0.05, 0) is 63.3 Å². The second-order valence-corrected chi connectivity index (χ2v) is 8.88. The molecule has 1 atom stereocenters. The second-order valence-electron chi connectivity index (χ2n) is 8.88. The van der Waals surface area contributed by atoms with Gasteiger partial charge >= 0.3 is 6.03 Å². The van der Waals surface area contributed by atoms with Gasteiger partial charge in [-0.1, -0.05) is 13.8 Å². The van der Waals surface area contributed by atoms with E-state index < -0.39 is 0 Å². The Kier molecular flexibility index (Phi) is 4.54.